The van der Waals surface area contributed by atoms with Crippen molar-refractivity contribution in [2.24, 2.45) is 13.0 Å². The Morgan fingerprint density at radius 2 is 2.11 bits per heavy atom. The lowest BCUT2D eigenvalue weighted by molar-refractivity contribution is -0.140. The zero-order valence-electron chi connectivity index (χ0n) is 15.3. The van der Waals surface area contributed by atoms with Gasteiger partial charge in [-0.25, -0.2) is 0 Å². The lowest BCUT2D eigenvalue weighted by Crippen LogP contribution is -2.44. The number of carboxylic acid groups (broad SMARTS) is 1. The van der Waals surface area contributed by atoms with Crippen molar-refractivity contribution in [1.82, 2.24) is 14.7 Å². The summed E-state index contributed by atoms with van der Waals surface area (Å²) in [6.45, 7) is 0. The number of nitrogens with zero attached hydrogens (tertiary/aromatic N) is 3. The molecule has 3 rings (SSSR count). The van der Waals surface area contributed by atoms with Gasteiger partial charge >= 0.3 is 5.97 Å². The molecule has 1 aliphatic heterocycles. The number of rotatable bonds is 5. The predicted molar refractivity (Wildman–Crippen MR) is 97.9 cm³/mol. The number of anilines is 1. The second kappa shape index (κ2) is 7.61. The maximum atomic E-state index is 13.0. The number of piperidine rings is 1. The maximum absolute atomic E-state index is 13.0. The number of aromatic nitrogens is 2. The van der Waals surface area contributed by atoms with Gasteiger partial charge in [-0.3, -0.25) is 19.1 Å². The summed E-state index contributed by atoms with van der Waals surface area (Å²) in [6, 6.07) is 6.41. The number of carboxylic acids is 1. The molecule has 0 radical (unpaired) electrons. The molecule has 1 aromatic heterocycles. The number of benzene rings is 1. The molecule has 8 heteroatoms. The summed E-state index contributed by atoms with van der Waals surface area (Å²) in [5.41, 5.74) is 1.97. The molecular formula is C19H22N4O4. The minimum absolute atomic E-state index is 0.00337. The van der Waals surface area contributed by atoms with Crippen LogP contribution in [0, 0.1) is 5.92 Å². The van der Waals surface area contributed by atoms with Gasteiger partial charge in [0.15, 0.2) is 0 Å². The van der Waals surface area contributed by atoms with Crippen LogP contribution in [0.15, 0.2) is 36.7 Å². The average Bonchev–Trinajstić information content (AvgIpc) is 3.02. The predicted octanol–water partition coefficient (Wildman–Crippen LogP) is 1.60. The van der Waals surface area contributed by atoms with Crippen LogP contribution in [0.3, 0.4) is 0 Å². The molecule has 2 aromatic rings. The fourth-order valence-corrected chi connectivity index (χ4v) is 3.53. The Morgan fingerprint density at radius 1 is 1.33 bits per heavy atom. The van der Waals surface area contributed by atoms with Crippen molar-refractivity contribution in [2.45, 2.75) is 25.3 Å². The molecule has 2 atom stereocenters. The fourth-order valence-electron chi connectivity index (χ4n) is 3.53. The SMILES string of the molecule is CN1C(=O)CCC(C(=O)Nc2cccc(CC(=O)O)c2)C1c1cnn(C)c1. The normalized spacial score (nSPS) is 19.8. The van der Waals surface area contributed by atoms with Crippen LogP contribution >= 0.6 is 0 Å². The third-order valence-electron chi connectivity index (χ3n) is 4.81. The van der Waals surface area contributed by atoms with Gasteiger partial charge in [-0.15, -0.1) is 0 Å². The summed E-state index contributed by atoms with van der Waals surface area (Å²) in [5.74, 6) is -1.55. The standard InChI is InChI=1S/C19H22N4O4/c1-22-11-13(10-20-22)18-15(6-7-16(24)23(18)2)19(27)21-14-5-3-4-12(8-14)9-17(25)26/h3-5,8,10-11,15,18H,6-7,9H2,1-2H3,(H,21,27)(H,25,26). The van der Waals surface area contributed by atoms with Crippen molar-refractivity contribution in [3.05, 3.63) is 47.8 Å². The van der Waals surface area contributed by atoms with Crippen molar-refractivity contribution >= 4 is 23.5 Å². The summed E-state index contributed by atoms with van der Waals surface area (Å²) in [5, 5.41) is 16.0. The number of hydrogen-bond acceptors (Lipinski definition) is 4. The molecule has 142 valence electrons. The van der Waals surface area contributed by atoms with Crippen LogP contribution in [0.4, 0.5) is 5.69 Å². The number of aliphatic carboxylic acids is 1. The van der Waals surface area contributed by atoms with E-state index in [4.69, 9.17) is 5.11 Å². The highest BCUT2D eigenvalue weighted by molar-refractivity contribution is 5.94. The number of hydrogen-bond donors (Lipinski definition) is 2. The van der Waals surface area contributed by atoms with Crippen LogP contribution in [0.1, 0.15) is 30.0 Å². The van der Waals surface area contributed by atoms with Crippen molar-refractivity contribution in [1.29, 1.82) is 0 Å². The van der Waals surface area contributed by atoms with Crippen LogP contribution < -0.4 is 5.32 Å². The zero-order chi connectivity index (χ0) is 19.6. The number of carbonyl (C=O) groups excluding carboxylic acids is 2. The fraction of sp³-hybridized carbons (Fsp3) is 0.368. The van der Waals surface area contributed by atoms with Crippen molar-refractivity contribution in [2.75, 3.05) is 12.4 Å². The molecule has 2 unspecified atom stereocenters. The molecule has 0 saturated carbocycles. The Balaban J connectivity index is 1.81. The minimum Gasteiger partial charge on any atom is -0.481 e. The van der Waals surface area contributed by atoms with Gasteiger partial charge in [-0.1, -0.05) is 12.1 Å². The average molecular weight is 370 g/mol. The smallest absolute Gasteiger partial charge is 0.307 e. The van der Waals surface area contributed by atoms with Gasteiger partial charge in [0.2, 0.25) is 11.8 Å². The van der Waals surface area contributed by atoms with Crippen LogP contribution in [0.2, 0.25) is 0 Å². The molecule has 2 amide bonds. The largest absolute Gasteiger partial charge is 0.481 e. The topological polar surface area (TPSA) is 105 Å². The van der Waals surface area contributed by atoms with E-state index < -0.39 is 11.9 Å². The molecule has 1 saturated heterocycles. The van der Waals surface area contributed by atoms with Crippen LogP contribution in [0.25, 0.3) is 0 Å². The van der Waals surface area contributed by atoms with E-state index in [0.29, 0.717) is 24.1 Å². The number of likely N-dealkylation sites (tertiary alicyclic amines) is 1. The molecule has 1 aliphatic rings. The Bertz CT molecular complexity index is 876. The Hall–Kier alpha value is -3.16. The highest BCUT2D eigenvalue weighted by atomic mass is 16.4. The monoisotopic (exact) mass is 370 g/mol. The summed E-state index contributed by atoms with van der Waals surface area (Å²) in [4.78, 5) is 37.6. The molecule has 27 heavy (non-hydrogen) atoms. The van der Waals surface area contributed by atoms with Gasteiger partial charge in [0.1, 0.15) is 0 Å². The number of nitrogens with one attached hydrogen (secondary N) is 1. The number of aryl methyl sites for hydroxylation is 1. The third-order valence-corrected chi connectivity index (χ3v) is 4.81. The number of amides is 2. The van der Waals surface area contributed by atoms with E-state index in [1.54, 1.807) is 54.1 Å². The lowest BCUT2D eigenvalue weighted by atomic mass is 9.85. The maximum Gasteiger partial charge on any atom is 0.307 e. The number of carbonyl (C=O) groups is 3. The molecule has 8 nitrogen and oxygen atoms in total. The molecule has 0 aliphatic carbocycles. The molecular weight excluding hydrogens is 348 g/mol. The summed E-state index contributed by atoms with van der Waals surface area (Å²) in [6.07, 6.45) is 4.14. The second-order valence-electron chi connectivity index (χ2n) is 6.80. The molecule has 1 fully saturated rings. The lowest BCUT2D eigenvalue weighted by Gasteiger charge is -2.37. The quantitative estimate of drug-likeness (QED) is 0.832. The minimum atomic E-state index is -0.928. The first-order valence-electron chi connectivity index (χ1n) is 8.71. The van der Waals surface area contributed by atoms with Crippen LogP contribution in [0.5, 0.6) is 0 Å². The Labute approximate surface area is 156 Å². The Kier molecular flexibility index (Phi) is 5.25. The first-order valence-corrected chi connectivity index (χ1v) is 8.71. The van der Waals surface area contributed by atoms with Crippen LogP contribution in [-0.2, 0) is 27.9 Å². The first kappa shape index (κ1) is 18.6. The van der Waals surface area contributed by atoms with Crippen molar-refractivity contribution in [3.8, 4) is 0 Å². The van der Waals surface area contributed by atoms with E-state index in [1.807, 2.05) is 6.20 Å². The zero-order valence-corrected chi connectivity index (χ0v) is 15.3. The van der Waals surface area contributed by atoms with E-state index >= 15 is 0 Å². The first-order chi connectivity index (χ1) is 12.8. The second-order valence-corrected chi connectivity index (χ2v) is 6.80. The third kappa shape index (κ3) is 4.16. The summed E-state index contributed by atoms with van der Waals surface area (Å²) in [7, 11) is 3.49. The molecule has 2 heterocycles. The van der Waals surface area contributed by atoms with E-state index in [0.717, 1.165) is 5.56 Å². The van der Waals surface area contributed by atoms with Gasteiger partial charge in [0, 0.05) is 38.0 Å². The van der Waals surface area contributed by atoms with E-state index in [2.05, 4.69) is 10.4 Å². The van der Waals surface area contributed by atoms with Gasteiger partial charge in [0.25, 0.3) is 0 Å². The van der Waals surface area contributed by atoms with Crippen LogP contribution in [-0.4, -0.2) is 44.6 Å². The summed E-state index contributed by atoms with van der Waals surface area (Å²) >= 11 is 0. The van der Waals surface area contributed by atoms with Gasteiger partial charge in [0.05, 0.1) is 24.6 Å². The molecule has 0 spiro atoms. The highest BCUT2D eigenvalue weighted by Crippen LogP contribution is 2.36. The van der Waals surface area contributed by atoms with Crippen molar-refractivity contribution < 1.29 is 19.5 Å². The van der Waals surface area contributed by atoms with Crippen molar-refractivity contribution in [3.63, 3.8) is 0 Å². The van der Waals surface area contributed by atoms with E-state index in [-0.39, 0.29) is 24.3 Å². The van der Waals surface area contributed by atoms with E-state index in [1.165, 1.54) is 0 Å². The highest BCUT2D eigenvalue weighted by Gasteiger charge is 2.39. The van der Waals surface area contributed by atoms with Gasteiger partial charge in [-0.2, -0.15) is 5.10 Å². The molecule has 2 N–H and O–H groups in total. The summed E-state index contributed by atoms with van der Waals surface area (Å²) < 4.78 is 1.65. The van der Waals surface area contributed by atoms with Gasteiger partial charge in [-0.05, 0) is 24.1 Å². The Morgan fingerprint density at radius 3 is 2.78 bits per heavy atom. The van der Waals surface area contributed by atoms with E-state index in [9.17, 15) is 14.4 Å². The van der Waals surface area contributed by atoms with Gasteiger partial charge < -0.3 is 15.3 Å². The molecule has 1 aromatic carbocycles. The molecule has 0 bridgehead atoms.